The van der Waals surface area contributed by atoms with E-state index >= 15 is 0 Å². The van der Waals surface area contributed by atoms with Crippen molar-refractivity contribution in [2.45, 2.75) is 70.5 Å². The van der Waals surface area contributed by atoms with Crippen molar-refractivity contribution in [3.05, 3.63) is 0 Å². The van der Waals surface area contributed by atoms with E-state index < -0.39 is 0 Å². The van der Waals surface area contributed by atoms with Gasteiger partial charge in [-0.05, 0) is 73.0 Å². The van der Waals surface area contributed by atoms with Crippen molar-refractivity contribution >= 4 is 0 Å². The molecule has 2 aliphatic rings. The Kier molecular flexibility index (Phi) is 5.27. The second-order valence-corrected chi connectivity index (χ2v) is 7.06. The Labute approximate surface area is 119 Å². The third-order valence-corrected chi connectivity index (χ3v) is 5.48. The smallest absolute Gasteiger partial charge is 0.0174 e. The minimum absolute atomic E-state index is 0.380. The molecule has 0 aliphatic carbocycles. The van der Waals surface area contributed by atoms with Crippen LogP contribution in [0.2, 0.25) is 0 Å². The molecule has 0 aromatic carbocycles. The molecule has 2 rings (SSSR count). The van der Waals surface area contributed by atoms with Crippen molar-refractivity contribution < 1.29 is 0 Å². The highest BCUT2D eigenvalue weighted by atomic mass is 15.2. The number of likely N-dealkylation sites (tertiary alicyclic amines) is 2. The maximum Gasteiger partial charge on any atom is 0.0174 e. The Morgan fingerprint density at radius 2 is 1.74 bits per heavy atom. The molecule has 2 fully saturated rings. The van der Waals surface area contributed by atoms with Gasteiger partial charge >= 0.3 is 0 Å². The van der Waals surface area contributed by atoms with Crippen molar-refractivity contribution in [3.8, 4) is 0 Å². The Hall–Kier alpha value is -0.120. The van der Waals surface area contributed by atoms with E-state index in [1.54, 1.807) is 0 Å². The van der Waals surface area contributed by atoms with Crippen LogP contribution in [0.3, 0.4) is 0 Å². The van der Waals surface area contributed by atoms with Crippen molar-refractivity contribution in [2.24, 2.45) is 0 Å². The molecule has 2 saturated heterocycles. The predicted molar refractivity (Wildman–Crippen MR) is 82.6 cm³/mol. The first-order chi connectivity index (χ1) is 9.04. The number of nitrogens with zero attached hydrogens (tertiary/aromatic N) is 2. The second kappa shape index (κ2) is 6.55. The average Bonchev–Trinajstić information content (AvgIpc) is 2.65. The van der Waals surface area contributed by atoms with Gasteiger partial charge in [-0.1, -0.05) is 0 Å². The van der Waals surface area contributed by atoms with Gasteiger partial charge in [-0.15, -0.1) is 0 Å². The van der Waals surface area contributed by atoms with Gasteiger partial charge in [-0.2, -0.15) is 0 Å². The summed E-state index contributed by atoms with van der Waals surface area (Å²) in [6.07, 6.45) is 6.75. The molecule has 112 valence electrons. The number of piperidine rings is 1. The third-order valence-electron chi connectivity index (χ3n) is 5.48. The van der Waals surface area contributed by atoms with Gasteiger partial charge in [0.15, 0.2) is 0 Å². The highest BCUT2D eigenvalue weighted by Crippen LogP contribution is 2.26. The van der Waals surface area contributed by atoms with Crippen LogP contribution in [-0.4, -0.2) is 60.6 Å². The average molecular weight is 267 g/mol. The van der Waals surface area contributed by atoms with Gasteiger partial charge in [0.1, 0.15) is 0 Å². The first kappa shape index (κ1) is 15.3. The summed E-state index contributed by atoms with van der Waals surface area (Å²) in [6, 6.07) is 1.55. The van der Waals surface area contributed by atoms with Gasteiger partial charge in [0.2, 0.25) is 0 Å². The second-order valence-electron chi connectivity index (χ2n) is 7.06. The number of nitrogens with one attached hydrogen (secondary N) is 1. The lowest BCUT2D eigenvalue weighted by Gasteiger charge is -2.42. The molecular formula is C16H33N3. The standard InChI is InChI=1S/C16H33N3/c1-14(2)18-10-5-6-15(7-11-18)19-12-8-16(3,17-4)9-13-19/h14-15,17H,5-13H2,1-4H3. The first-order valence-electron chi connectivity index (χ1n) is 8.21. The first-order valence-corrected chi connectivity index (χ1v) is 8.21. The van der Waals surface area contributed by atoms with Crippen LogP contribution in [0.1, 0.15) is 52.9 Å². The lowest BCUT2D eigenvalue weighted by atomic mass is 9.88. The molecule has 0 bridgehead atoms. The molecule has 3 heteroatoms. The topological polar surface area (TPSA) is 18.5 Å². The molecule has 1 unspecified atom stereocenters. The van der Waals surface area contributed by atoms with E-state index in [-0.39, 0.29) is 0 Å². The molecular weight excluding hydrogens is 234 g/mol. The van der Waals surface area contributed by atoms with E-state index in [9.17, 15) is 0 Å². The van der Waals surface area contributed by atoms with Crippen LogP contribution in [0.15, 0.2) is 0 Å². The molecule has 0 spiro atoms. The molecule has 3 nitrogen and oxygen atoms in total. The summed E-state index contributed by atoms with van der Waals surface area (Å²) < 4.78 is 0. The van der Waals surface area contributed by atoms with E-state index in [1.807, 2.05) is 0 Å². The Morgan fingerprint density at radius 3 is 2.32 bits per heavy atom. The summed E-state index contributed by atoms with van der Waals surface area (Å²) >= 11 is 0. The monoisotopic (exact) mass is 267 g/mol. The van der Waals surface area contributed by atoms with E-state index in [4.69, 9.17) is 0 Å². The maximum atomic E-state index is 3.50. The van der Waals surface area contributed by atoms with Crippen molar-refractivity contribution in [3.63, 3.8) is 0 Å². The molecule has 2 heterocycles. The van der Waals surface area contributed by atoms with Gasteiger partial charge in [-0.25, -0.2) is 0 Å². The molecule has 2 aliphatic heterocycles. The lowest BCUT2D eigenvalue weighted by Crippen LogP contribution is -2.52. The van der Waals surface area contributed by atoms with Crippen LogP contribution < -0.4 is 5.32 Å². The van der Waals surface area contributed by atoms with Crippen LogP contribution >= 0.6 is 0 Å². The van der Waals surface area contributed by atoms with Crippen LogP contribution in [0, 0.1) is 0 Å². The van der Waals surface area contributed by atoms with Gasteiger partial charge in [0.25, 0.3) is 0 Å². The maximum absolute atomic E-state index is 3.50. The highest BCUT2D eigenvalue weighted by Gasteiger charge is 2.32. The SMILES string of the molecule is CNC1(C)CCN(C2CCCN(C(C)C)CC2)CC1. The van der Waals surface area contributed by atoms with Gasteiger partial charge in [-0.3, -0.25) is 0 Å². The summed E-state index contributed by atoms with van der Waals surface area (Å²) in [5.41, 5.74) is 0.380. The summed E-state index contributed by atoms with van der Waals surface area (Å²) in [7, 11) is 2.11. The minimum Gasteiger partial charge on any atom is -0.314 e. The number of hydrogen-bond acceptors (Lipinski definition) is 3. The lowest BCUT2D eigenvalue weighted by molar-refractivity contribution is 0.100. The fourth-order valence-electron chi connectivity index (χ4n) is 3.62. The van der Waals surface area contributed by atoms with E-state index in [2.05, 4.69) is 42.9 Å². The van der Waals surface area contributed by atoms with E-state index in [0.29, 0.717) is 11.6 Å². The summed E-state index contributed by atoms with van der Waals surface area (Å²) in [5.74, 6) is 0. The zero-order valence-electron chi connectivity index (χ0n) is 13.4. The highest BCUT2D eigenvalue weighted by molar-refractivity contribution is 4.91. The zero-order chi connectivity index (χ0) is 13.9. The largest absolute Gasteiger partial charge is 0.314 e. The van der Waals surface area contributed by atoms with Crippen LogP contribution in [0.5, 0.6) is 0 Å². The Bertz CT molecular complexity index is 269. The molecule has 0 aromatic heterocycles. The summed E-state index contributed by atoms with van der Waals surface area (Å²) in [6.45, 7) is 12.2. The zero-order valence-corrected chi connectivity index (χ0v) is 13.4. The number of rotatable bonds is 3. The van der Waals surface area contributed by atoms with Gasteiger partial charge < -0.3 is 15.1 Å². The molecule has 1 atom stereocenters. The minimum atomic E-state index is 0.380. The van der Waals surface area contributed by atoms with Crippen LogP contribution in [-0.2, 0) is 0 Å². The third kappa shape index (κ3) is 3.93. The fraction of sp³-hybridized carbons (Fsp3) is 1.00. The molecule has 0 aromatic rings. The molecule has 1 N–H and O–H groups in total. The Morgan fingerprint density at radius 1 is 1.05 bits per heavy atom. The quantitative estimate of drug-likeness (QED) is 0.846. The van der Waals surface area contributed by atoms with Gasteiger partial charge in [0, 0.05) is 30.7 Å². The fourth-order valence-corrected chi connectivity index (χ4v) is 3.62. The molecule has 19 heavy (non-hydrogen) atoms. The number of hydrogen-bond donors (Lipinski definition) is 1. The van der Waals surface area contributed by atoms with Crippen molar-refractivity contribution in [2.75, 3.05) is 33.2 Å². The van der Waals surface area contributed by atoms with Gasteiger partial charge in [0.05, 0.1) is 0 Å². The summed E-state index contributed by atoms with van der Waals surface area (Å²) in [4.78, 5) is 5.42. The Balaban J connectivity index is 1.83. The van der Waals surface area contributed by atoms with Crippen LogP contribution in [0.4, 0.5) is 0 Å². The predicted octanol–water partition coefficient (Wildman–Crippen LogP) is 2.32. The molecule has 0 saturated carbocycles. The van der Waals surface area contributed by atoms with E-state index in [0.717, 1.165) is 6.04 Å². The molecule has 0 radical (unpaired) electrons. The molecule has 0 amide bonds. The van der Waals surface area contributed by atoms with Crippen molar-refractivity contribution in [1.82, 2.24) is 15.1 Å². The van der Waals surface area contributed by atoms with Crippen LogP contribution in [0.25, 0.3) is 0 Å². The summed E-state index contributed by atoms with van der Waals surface area (Å²) in [5, 5.41) is 3.50. The van der Waals surface area contributed by atoms with Crippen molar-refractivity contribution in [1.29, 1.82) is 0 Å². The van der Waals surface area contributed by atoms with E-state index in [1.165, 1.54) is 58.3 Å². The normalized spacial score (nSPS) is 30.5.